The summed E-state index contributed by atoms with van der Waals surface area (Å²) in [6, 6.07) is 8.95. The molecule has 2 aromatic rings. The number of carbonyl (C=O) groups is 1. The van der Waals surface area contributed by atoms with Crippen molar-refractivity contribution in [3.63, 3.8) is 0 Å². The van der Waals surface area contributed by atoms with Gasteiger partial charge in [0, 0.05) is 50.3 Å². The molecule has 0 radical (unpaired) electrons. The van der Waals surface area contributed by atoms with Crippen LogP contribution in [0.1, 0.15) is 18.7 Å². The second-order valence-electron chi connectivity index (χ2n) is 5.66. The topological polar surface area (TPSA) is 69.6 Å². The number of carbonyl (C=O) groups excluding carboxylic acids is 1. The first-order valence-electron chi connectivity index (χ1n) is 7.75. The number of phenols is 1. The van der Waals surface area contributed by atoms with Crippen LogP contribution in [-0.4, -0.2) is 52.1 Å². The van der Waals surface area contributed by atoms with Crippen LogP contribution < -0.4 is 4.90 Å². The molecule has 1 N–H and O–H groups in total. The van der Waals surface area contributed by atoms with E-state index in [-0.39, 0.29) is 17.6 Å². The SMILES string of the molecule is CC(C(=O)N1CCN(c2cccc(O)c2)CC1)c1ncccn1. The van der Waals surface area contributed by atoms with Crippen LogP contribution in [0.3, 0.4) is 0 Å². The summed E-state index contributed by atoms with van der Waals surface area (Å²) in [4.78, 5) is 25.0. The highest BCUT2D eigenvalue weighted by atomic mass is 16.3. The fourth-order valence-electron chi connectivity index (χ4n) is 2.79. The standard InChI is InChI=1S/C17H20N4O2/c1-13(16-18-6-3-7-19-16)17(23)21-10-8-20(9-11-21)14-4-2-5-15(22)12-14/h2-7,12-13,22H,8-11H2,1H3. The predicted octanol–water partition coefficient (Wildman–Crippen LogP) is 1.63. The van der Waals surface area contributed by atoms with E-state index < -0.39 is 0 Å². The predicted molar refractivity (Wildman–Crippen MR) is 87.3 cm³/mol. The number of piperazine rings is 1. The minimum absolute atomic E-state index is 0.0618. The van der Waals surface area contributed by atoms with E-state index in [4.69, 9.17) is 0 Å². The fourth-order valence-corrected chi connectivity index (χ4v) is 2.79. The summed E-state index contributed by atoms with van der Waals surface area (Å²) in [5.41, 5.74) is 0.983. The van der Waals surface area contributed by atoms with Crippen molar-refractivity contribution in [3.05, 3.63) is 48.5 Å². The molecule has 0 spiro atoms. The smallest absolute Gasteiger partial charge is 0.233 e. The van der Waals surface area contributed by atoms with Crippen molar-refractivity contribution in [1.82, 2.24) is 14.9 Å². The molecule has 1 saturated heterocycles. The minimum atomic E-state index is -0.330. The molecular formula is C17H20N4O2. The van der Waals surface area contributed by atoms with Crippen molar-refractivity contribution in [2.45, 2.75) is 12.8 Å². The molecule has 6 heteroatoms. The summed E-state index contributed by atoms with van der Waals surface area (Å²) in [6.45, 7) is 4.66. The van der Waals surface area contributed by atoms with E-state index in [1.54, 1.807) is 30.6 Å². The highest BCUT2D eigenvalue weighted by Crippen LogP contribution is 2.22. The molecular weight excluding hydrogens is 292 g/mol. The Morgan fingerprint density at radius 3 is 2.48 bits per heavy atom. The van der Waals surface area contributed by atoms with Gasteiger partial charge in [0.15, 0.2) is 0 Å². The summed E-state index contributed by atoms with van der Waals surface area (Å²) in [5, 5.41) is 9.58. The number of hydrogen-bond acceptors (Lipinski definition) is 5. The second kappa shape index (κ2) is 6.64. The van der Waals surface area contributed by atoms with Crippen LogP contribution >= 0.6 is 0 Å². The summed E-state index contributed by atoms with van der Waals surface area (Å²) >= 11 is 0. The molecule has 1 atom stereocenters. The first-order chi connectivity index (χ1) is 11.1. The Morgan fingerprint density at radius 1 is 1.13 bits per heavy atom. The monoisotopic (exact) mass is 312 g/mol. The molecule has 3 rings (SSSR count). The third kappa shape index (κ3) is 3.41. The maximum atomic E-state index is 12.6. The van der Waals surface area contributed by atoms with Crippen LogP contribution in [0.15, 0.2) is 42.7 Å². The Labute approximate surface area is 135 Å². The third-order valence-electron chi connectivity index (χ3n) is 4.13. The van der Waals surface area contributed by atoms with Crippen molar-refractivity contribution >= 4 is 11.6 Å². The van der Waals surface area contributed by atoms with Crippen LogP contribution in [0, 0.1) is 0 Å². The van der Waals surface area contributed by atoms with E-state index in [1.165, 1.54) is 0 Å². The van der Waals surface area contributed by atoms with E-state index in [9.17, 15) is 9.90 Å². The van der Waals surface area contributed by atoms with Gasteiger partial charge in [-0.3, -0.25) is 4.79 Å². The lowest BCUT2D eigenvalue weighted by atomic mass is 10.1. The van der Waals surface area contributed by atoms with Crippen LogP contribution in [0.2, 0.25) is 0 Å². The fraction of sp³-hybridized carbons (Fsp3) is 0.353. The maximum Gasteiger partial charge on any atom is 0.233 e. The van der Waals surface area contributed by atoms with E-state index in [0.717, 1.165) is 18.8 Å². The summed E-state index contributed by atoms with van der Waals surface area (Å²) in [7, 11) is 0. The molecule has 2 heterocycles. The van der Waals surface area contributed by atoms with Gasteiger partial charge in [-0.2, -0.15) is 0 Å². The Balaban J connectivity index is 1.61. The van der Waals surface area contributed by atoms with E-state index in [0.29, 0.717) is 18.9 Å². The number of phenolic OH excluding ortho intramolecular Hbond substituents is 1. The zero-order valence-corrected chi connectivity index (χ0v) is 13.1. The molecule has 1 unspecified atom stereocenters. The first-order valence-corrected chi connectivity index (χ1v) is 7.75. The largest absolute Gasteiger partial charge is 0.508 e. The number of amides is 1. The van der Waals surface area contributed by atoms with Gasteiger partial charge < -0.3 is 14.9 Å². The molecule has 0 aliphatic carbocycles. The van der Waals surface area contributed by atoms with Crippen LogP contribution in [0.5, 0.6) is 5.75 Å². The molecule has 6 nitrogen and oxygen atoms in total. The Bertz CT molecular complexity index is 669. The molecule has 1 aromatic carbocycles. The van der Waals surface area contributed by atoms with Crippen molar-refractivity contribution in [1.29, 1.82) is 0 Å². The average Bonchev–Trinajstić information content (AvgIpc) is 2.61. The second-order valence-corrected chi connectivity index (χ2v) is 5.66. The summed E-state index contributed by atoms with van der Waals surface area (Å²) in [6.07, 6.45) is 3.32. The van der Waals surface area contributed by atoms with Crippen molar-refractivity contribution < 1.29 is 9.90 Å². The van der Waals surface area contributed by atoms with E-state index in [1.807, 2.05) is 24.0 Å². The molecule has 1 aromatic heterocycles. The van der Waals surface area contributed by atoms with Crippen LogP contribution in [-0.2, 0) is 4.79 Å². The van der Waals surface area contributed by atoms with Crippen LogP contribution in [0.25, 0.3) is 0 Å². The number of nitrogens with zero attached hydrogens (tertiary/aromatic N) is 4. The highest BCUT2D eigenvalue weighted by Gasteiger charge is 2.27. The number of rotatable bonds is 3. The summed E-state index contributed by atoms with van der Waals surface area (Å²) in [5.74, 6) is 0.555. The molecule has 23 heavy (non-hydrogen) atoms. The lowest BCUT2D eigenvalue weighted by Crippen LogP contribution is -2.50. The molecule has 1 fully saturated rings. The van der Waals surface area contributed by atoms with Gasteiger partial charge in [0.1, 0.15) is 11.6 Å². The zero-order valence-electron chi connectivity index (χ0n) is 13.1. The van der Waals surface area contributed by atoms with Gasteiger partial charge in [-0.25, -0.2) is 9.97 Å². The number of hydrogen-bond donors (Lipinski definition) is 1. The van der Waals surface area contributed by atoms with Crippen molar-refractivity contribution in [2.75, 3.05) is 31.1 Å². The van der Waals surface area contributed by atoms with Gasteiger partial charge in [0.05, 0.1) is 5.92 Å². The lowest BCUT2D eigenvalue weighted by Gasteiger charge is -2.37. The minimum Gasteiger partial charge on any atom is -0.508 e. The van der Waals surface area contributed by atoms with Gasteiger partial charge in [-0.1, -0.05) is 6.07 Å². The normalized spacial score (nSPS) is 16.2. The first kappa shape index (κ1) is 15.3. The van der Waals surface area contributed by atoms with E-state index >= 15 is 0 Å². The Hall–Kier alpha value is -2.63. The third-order valence-corrected chi connectivity index (χ3v) is 4.13. The van der Waals surface area contributed by atoms with Gasteiger partial charge in [-0.05, 0) is 25.1 Å². The molecule has 0 saturated carbocycles. The Kier molecular flexibility index (Phi) is 4.41. The number of benzene rings is 1. The van der Waals surface area contributed by atoms with Crippen molar-refractivity contribution in [2.24, 2.45) is 0 Å². The molecule has 1 aliphatic rings. The molecule has 0 bridgehead atoms. The Morgan fingerprint density at radius 2 is 1.83 bits per heavy atom. The summed E-state index contributed by atoms with van der Waals surface area (Å²) < 4.78 is 0. The molecule has 1 aliphatic heterocycles. The number of aromatic hydroxyl groups is 1. The zero-order chi connectivity index (χ0) is 16.2. The average molecular weight is 312 g/mol. The highest BCUT2D eigenvalue weighted by molar-refractivity contribution is 5.82. The quantitative estimate of drug-likeness (QED) is 0.933. The van der Waals surface area contributed by atoms with Gasteiger partial charge in [0.2, 0.25) is 5.91 Å². The molecule has 120 valence electrons. The number of aromatic nitrogens is 2. The van der Waals surface area contributed by atoms with Gasteiger partial charge >= 0.3 is 0 Å². The van der Waals surface area contributed by atoms with Crippen LogP contribution in [0.4, 0.5) is 5.69 Å². The molecule has 1 amide bonds. The van der Waals surface area contributed by atoms with Crippen molar-refractivity contribution in [3.8, 4) is 5.75 Å². The van der Waals surface area contributed by atoms with E-state index in [2.05, 4.69) is 14.9 Å². The lowest BCUT2D eigenvalue weighted by molar-refractivity contribution is -0.132. The van der Waals surface area contributed by atoms with Gasteiger partial charge in [-0.15, -0.1) is 0 Å². The number of anilines is 1. The maximum absolute atomic E-state index is 12.6. The van der Waals surface area contributed by atoms with Gasteiger partial charge in [0.25, 0.3) is 0 Å².